The number of hydrogen-bond acceptors (Lipinski definition) is 1. The second kappa shape index (κ2) is 9.04. The van der Waals surface area contributed by atoms with Crippen molar-refractivity contribution in [3.63, 3.8) is 0 Å². The number of rotatable bonds is 8. The van der Waals surface area contributed by atoms with E-state index in [4.69, 9.17) is 0 Å². The third-order valence-corrected chi connectivity index (χ3v) is 2.51. The highest BCUT2D eigenvalue weighted by Crippen LogP contribution is 2.04. The zero-order valence-corrected chi connectivity index (χ0v) is 10.0. The van der Waals surface area contributed by atoms with E-state index >= 15 is 0 Å². The van der Waals surface area contributed by atoms with Gasteiger partial charge in [0.05, 0.1) is 0 Å². The summed E-state index contributed by atoms with van der Waals surface area (Å²) in [6.07, 6.45) is 6.46. The first-order valence-electron chi connectivity index (χ1n) is 6.04. The van der Waals surface area contributed by atoms with Crippen LogP contribution >= 0.6 is 0 Å². The third-order valence-electron chi connectivity index (χ3n) is 2.51. The number of carbonyl (C=O) groups is 1. The molecule has 0 saturated carbocycles. The summed E-state index contributed by atoms with van der Waals surface area (Å²) in [5.41, 5.74) is 0. The van der Waals surface area contributed by atoms with E-state index in [0.29, 0.717) is 5.91 Å². The van der Waals surface area contributed by atoms with E-state index in [-0.39, 0.29) is 0 Å². The van der Waals surface area contributed by atoms with Gasteiger partial charge >= 0.3 is 0 Å². The van der Waals surface area contributed by atoms with Crippen LogP contribution in [0.4, 0.5) is 0 Å². The van der Waals surface area contributed by atoms with Crippen molar-refractivity contribution in [2.75, 3.05) is 13.1 Å². The van der Waals surface area contributed by atoms with E-state index in [9.17, 15) is 4.79 Å². The molecule has 0 saturated heterocycles. The maximum absolute atomic E-state index is 11.7. The van der Waals surface area contributed by atoms with Crippen LogP contribution in [0.5, 0.6) is 0 Å². The Bertz CT molecular complexity index is 145. The van der Waals surface area contributed by atoms with Gasteiger partial charge in [-0.3, -0.25) is 4.79 Å². The fraction of sp³-hybridized carbons (Fsp3) is 0.917. The first-order valence-corrected chi connectivity index (χ1v) is 6.04. The normalized spacial score (nSPS) is 10.2. The van der Waals surface area contributed by atoms with Crippen LogP contribution in [0.2, 0.25) is 0 Å². The van der Waals surface area contributed by atoms with E-state index < -0.39 is 0 Å². The maximum Gasteiger partial charge on any atom is 0.222 e. The average molecular weight is 199 g/mol. The summed E-state index contributed by atoms with van der Waals surface area (Å²) >= 11 is 0. The number of carbonyl (C=O) groups excluding carboxylic acids is 1. The molecule has 0 aliphatic rings. The molecule has 0 rings (SSSR count). The van der Waals surface area contributed by atoms with Gasteiger partial charge in [0.25, 0.3) is 0 Å². The molecule has 14 heavy (non-hydrogen) atoms. The predicted molar refractivity (Wildman–Crippen MR) is 61.3 cm³/mol. The molecule has 0 aromatic rings. The molecule has 2 nitrogen and oxygen atoms in total. The van der Waals surface area contributed by atoms with E-state index in [0.717, 1.165) is 32.4 Å². The lowest BCUT2D eigenvalue weighted by molar-refractivity contribution is -0.131. The lowest BCUT2D eigenvalue weighted by Gasteiger charge is -2.20. The molecule has 84 valence electrons. The Morgan fingerprint density at radius 3 is 2.14 bits per heavy atom. The molecule has 0 aromatic carbocycles. The summed E-state index contributed by atoms with van der Waals surface area (Å²) in [5.74, 6) is 0.342. The molecule has 0 bridgehead atoms. The van der Waals surface area contributed by atoms with Crippen molar-refractivity contribution in [3.05, 3.63) is 0 Å². The van der Waals surface area contributed by atoms with Crippen molar-refractivity contribution in [1.82, 2.24) is 4.90 Å². The van der Waals surface area contributed by atoms with Crippen LogP contribution in [0.1, 0.15) is 59.3 Å². The summed E-state index contributed by atoms with van der Waals surface area (Å²) in [5, 5.41) is 0. The summed E-state index contributed by atoms with van der Waals surface area (Å²) in [6, 6.07) is 0. The van der Waals surface area contributed by atoms with Gasteiger partial charge in [-0.1, -0.05) is 33.1 Å². The highest BCUT2D eigenvalue weighted by atomic mass is 16.2. The van der Waals surface area contributed by atoms with Gasteiger partial charge in [0.15, 0.2) is 0 Å². The van der Waals surface area contributed by atoms with Gasteiger partial charge in [-0.15, -0.1) is 0 Å². The standard InChI is InChI=1S/C12H25NO/c1-4-7-9-10-12(14)13(6-3)11-8-5-2/h4-11H2,1-3H3. The first-order chi connectivity index (χ1) is 6.76. The van der Waals surface area contributed by atoms with Crippen LogP contribution in [0.15, 0.2) is 0 Å². The molecule has 0 heterocycles. The van der Waals surface area contributed by atoms with Gasteiger partial charge in [-0.05, 0) is 19.8 Å². The quantitative estimate of drug-likeness (QED) is 0.550. The smallest absolute Gasteiger partial charge is 0.222 e. The molecule has 0 N–H and O–H groups in total. The Morgan fingerprint density at radius 2 is 1.64 bits per heavy atom. The van der Waals surface area contributed by atoms with Crippen LogP contribution < -0.4 is 0 Å². The minimum Gasteiger partial charge on any atom is -0.343 e. The molecule has 0 aliphatic heterocycles. The van der Waals surface area contributed by atoms with Crippen molar-refractivity contribution in [2.24, 2.45) is 0 Å². The molecule has 0 spiro atoms. The Morgan fingerprint density at radius 1 is 1.00 bits per heavy atom. The molecule has 0 aliphatic carbocycles. The van der Waals surface area contributed by atoms with Gasteiger partial charge in [0.1, 0.15) is 0 Å². The van der Waals surface area contributed by atoms with Crippen LogP contribution in [-0.4, -0.2) is 23.9 Å². The molecule has 0 aromatic heterocycles. The number of amides is 1. The van der Waals surface area contributed by atoms with E-state index in [1.165, 1.54) is 19.3 Å². The number of hydrogen-bond donors (Lipinski definition) is 0. The maximum atomic E-state index is 11.7. The van der Waals surface area contributed by atoms with Crippen molar-refractivity contribution in [1.29, 1.82) is 0 Å². The third kappa shape index (κ3) is 6.01. The highest BCUT2D eigenvalue weighted by Gasteiger charge is 2.09. The van der Waals surface area contributed by atoms with Crippen molar-refractivity contribution >= 4 is 5.91 Å². The number of unbranched alkanes of at least 4 members (excludes halogenated alkanes) is 3. The van der Waals surface area contributed by atoms with Crippen molar-refractivity contribution < 1.29 is 4.79 Å². The first kappa shape index (κ1) is 13.5. The molecule has 1 amide bonds. The second-order valence-corrected chi connectivity index (χ2v) is 3.78. The lowest BCUT2D eigenvalue weighted by Crippen LogP contribution is -2.31. The van der Waals surface area contributed by atoms with Crippen LogP contribution in [-0.2, 0) is 4.79 Å². The fourth-order valence-corrected chi connectivity index (χ4v) is 1.49. The van der Waals surface area contributed by atoms with Gasteiger partial charge in [0.2, 0.25) is 5.91 Å². The SMILES string of the molecule is CCCCCC(=O)N(CC)CCCC. The van der Waals surface area contributed by atoms with Crippen molar-refractivity contribution in [3.8, 4) is 0 Å². The Balaban J connectivity index is 3.67. The summed E-state index contributed by atoms with van der Waals surface area (Å²) in [4.78, 5) is 13.7. The fourth-order valence-electron chi connectivity index (χ4n) is 1.49. The summed E-state index contributed by atoms with van der Waals surface area (Å²) in [7, 11) is 0. The zero-order chi connectivity index (χ0) is 10.8. The summed E-state index contributed by atoms with van der Waals surface area (Å²) < 4.78 is 0. The average Bonchev–Trinajstić information content (AvgIpc) is 2.19. The summed E-state index contributed by atoms with van der Waals surface area (Å²) in [6.45, 7) is 8.20. The molecule has 0 radical (unpaired) electrons. The predicted octanol–water partition coefficient (Wildman–Crippen LogP) is 3.22. The van der Waals surface area contributed by atoms with E-state index in [1.807, 2.05) is 4.90 Å². The molecular formula is C12H25NO. The lowest BCUT2D eigenvalue weighted by atomic mass is 10.2. The second-order valence-electron chi connectivity index (χ2n) is 3.78. The van der Waals surface area contributed by atoms with Gasteiger partial charge in [0, 0.05) is 19.5 Å². The topological polar surface area (TPSA) is 20.3 Å². The number of nitrogens with zero attached hydrogens (tertiary/aromatic N) is 1. The van der Waals surface area contributed by atoms with Crippen molar-refractivity contribution in [2.45, 2.75) is 59.3 Å². The van der Waals surface area contributed by atoms with Gasteiger partial charge in [-0.2, -0.15) is 0 Å². The van der Waals surface area contributed by atoms with E-state index in [1.54, 1.807) is 0 Å². The molecule has 0 atom stereocenters. The highest BCUT2D eigenvalue weighted by molar-refractivity contribution is 5.76. The Hall–Kier alpha value is -0.530. The monoisotopic (exact) mass is 199 g/mol. The molecule has 0 fully saturated rings. The van der Waals surface area contributed by atoms with Crippen LogP contribution in [0, 0.1) is 0 Å². The van der Waals surface area contributed by atoms with Gasteiger partial charge < -0.3 is 4.90 Å². The van der Waals surface area contributed by atoms with Gasteiger partial charge in [-0.25, -0.2) is 0 Å². The Kier molecular flexibility index (Phi) is 8.70. The minimum absolute atomic E-state index is 0.342. The minimum atomic E-state index is 0.342. The van der Waals surface area contributed by atoms with E-state index in [2.05, 4.69) is 20.8 Å². The molecule has 2 heteroatoms. The zero-order valence-electron chi connectivity index (χ0n) is 10.0. The molecule has 0 unspecified atom stereocenters. The largest absolute Gasteiger partial charge is 0.343 e. The molecular weight excluding hydrogens is 174 g/mol. The Labute approximate surface area is 88.7 Å². The van der Waals surface area contributed by atoms with Crippen LogP contribution in [0.25, 0.3) is 0 Å². The van der Waals surface area contributed by atoms with Crippen LogP contribution in [0.3, 0.4) is 0 Å².